The van der Waals surface area contributed by atoms with E-state index in [1.54, 1.807) is 0 Å². The molecule has 0 aliphatic heterocycles. The van der Waals surface area contributed by atoms with Crippen molar-refractivity contribution in [2.24, 2.45) is 35.5 Å². The van der Waals surface area contributed by atoms with Crippen LogP contribution in [0.15, 0.2) is 0 Å². The standard InChI is InChI=1S/C16H32/c1-7-15-8-12(4)9-16(15)14(6)10-13(5)11(2)3/h11-16H,7-10H2,1-6H3. The Morgan fingerprint density at radius 2 is 1.69 bits per heavy atom. The smallest absolute Gasteiger partial charge is 0.0357 e. The van der Waals surface area contributed by atoms with Gasteiger partial charge in [0, 0.05) is 0 Å². The van der Waals surface area contributed by atoms with Crippen molar-refractivity contribution in [3.8, 4) is 0 Å². The molecule has 0 saturated heterocycles. The Hall–Kier alpha value is 0. The zero-order chi connectivity index (χ0) is 12.3. The molecule has 5 unspecified atom stereocenters. The minimum absolute atomic E-state index is 0.848. The Morgan fingerprint density at radius 1 is 1.06 bits per heavy atom. The second-order valence-corrected chi connectivity index (χ2v) is 6.84. The van der Waals surface area contributed by atoms with Gasteiger partial charge in [-0.3, -0.25) is 0 Å². The minimum Gasteiger partial charge on any atom is -0.0651 e. The van der Waals surface area contributed by atoms with Gasteiger partial charge in [0.15, 0.2) is 0 Å². The molecule has 0 heteroatoms. The normalized spacial score (nSPS) is 34.3. The van der Waals surface area contributed by atoms with Crippen LogP contribution < -0.4 is 0 Å². The lowest BCUT2D eigenvalue weighted by molar-refractivity contribution is 0.214. The number of hydrogen-bond donors (Lipinski definition) is 0. The van der Waals surface area contributed by atoms with E-state index in [-0.39, 0.29) is 0 Å². The third kappa shape index (κ3) is 3.50. The molecule has 1 rings (SSSR count). The molecule has 0 nitrogen and oxygen atoms in total. The first-order valence-electron chi connectivity index (χ1n) is 7.45. The van der Waals surface area contributed by atoms with E-state index in [1.165, 1.54) is 25.7 Å². The van der Waals surface area contributed by atoms with Crippen LogP contribution in [0.5, 0.6) is 0 Å². The van der Waals surface area contributed by atoms with Gasteiger partial charge in [0.05, 0.1) is 0 Å². The van der Waals surface area contributed by atoms with Gasteiger partial charge in [-0.2, -0.15) is 0 Å². The fourth-order valence-electron chi connectivity index (χ4n) is 3.64. The van der Waals surface area contributed by atoms with Crippen LogP contribution in [-0.2, 0) is 0 Å². The van der Waals surface area contributed by atoms with Crippen LogP contribution in [-0.4, -0.2) is 0 Å². The minimum atomic E-state index is 0.848. The Morgan fingerprint density at radius 3 is 2.19 bits per heavy atom. The van der Waals surface area contributed by atoms with Crippen LogP contribution in [0.2, 0.25) is 0 Å². The predicted molar refractivity (Wildman–Crippen MR) is 73.5 cm³/mol. The summed E-state index contributed by atoms with van der Waals surface area (Å²) in [5.74, 6) is 5.69. The van der Waals surface area contributed by atoms with Crippen molar-refractivity contribution in [2.45, 2.75) is 67.2 Å². The molecule has 0 spiro atoms. The molecule has 0 amide bonds. The topological polar surface area (TPSA) is 0 Å². The van der Waals surface area contributed by atoms with Crippen LogP contribution in [0.3, 0.4) is 0 Å². The van der Waals surface area contributed by atoms with Gasteiger partial charge < -0.3 is 0 Å². The van der Waals surface area contributed by atoms with Gasteiger partial charge in [0.25, 0.3) is 0 Å². The Balaban J connectivity index is 2.49. The van der Waals surface area contributed by atoms with E-state index < -0.39 is 0 Å². The summed E-state index contributed by atoms with van der Waals surface area (Å²) in [5.41, 5.74) is 0. The highest BCUT2D eigenvalue weighted by Crippen LogP contribution is 2.44. The summed E-state index contributed by atoms with van der Waals surface area (Å²) in [6.07, 6.45) is 5.81. The summed E-state index contributed by atoms with van der Waals surface area (Å²) < 4.78 is 0. The largest absolute Gasteiger partial charge is 0.0651 e. The van der Waals surface area contributed by atoms with Crippen LogP contribution in [0.1, 0.15) is 67.2 Å². The van der Waals surface area contributed by atoms with Gasteiger partial charge >= 0.3 is 0 Å². The molecule has 0 aromatic rings. The van der Waals surface area contributed by atoms with E-state index in [1.807, 2.05) is 0 Å². The first-order valence-corrected chi connectivity index (χ1v) is 7.45. The Bertz CT molecular complexity index is 194. The van der Waals surface area contributed by atoms with Crippen molar-refractivity contribution in [1.29, 1.82) is 0 Å². The zero-order valence-corrected chi connectivity index (χ0v) is 12.3. The molecule has 96 valence electrons. The monoisotopic (exact) mass is 224 g/mol. The van der Waals surface area contributed by atoms with Crippen molar-refractivity contribution in [2.75, 3.05) is 0 Å². The molecule has 0 bridgehead atoms. The molecule has 1 saturated carbocycles. The highest BCUT2D eigenvalue weighted by molar-refractivity contribution is 4.84. The first-order chi connectivity index (χ1) is 7.45. The first kappa shape index (κ1) is 14.1. The highest BCUT2D eigenvalue weighted by atomic mass is 14.4. The molecule has 0 aromatic carbocycles. The van der Waals surface area contributed by atoms with E-state index in [0.29, 0.717) is 0 Å². The lowest BCUT2D eigenvalue weighted by atomic mass is 9.77. The van der Waals surface area contributed by atoms with E-state index >= 15 is 0 Å². The van der Waals surface area contributed by atoms with E-state index in [9.17, 15) is 0 Å². The SMILES string of the molecule is CCC1CC(C)CC1C(C)CC(C)C(C)C. The molecule has 0 N–H and O–H groups in total. The molecule has 16 heavy (non-hydrogen) atoms. The van der Waals surface area contributed by atoms with Crippen LogP contribution in [0.4, 0.5) is 0 Å². The molecular formula is C16H32. The lowest BCUT2D eigenvalue weighted by Gasteiger charge is -2.28. The van der Waals surface area contributed by atoms with E-state index in [4.69, 9.17) is 0 Å². The summed E-state index contributed by atoms with van der Waals surface area (Å²) >= 11 is 0. The molecule has 5 atom stereocenters. The summed E-state index contributed by atoms with van der Waals surface area (Å²) in [6.45, 7) is 14.5. The summed E-state index contributed by atoms with van der Waals surface area (Å²) in [5, 5.41) is 0. The Labute approximate surface area is 103 Å². The van der Waals surface area contributed by atoms with Crippen molar-refractivity contribution in [3.63, 3.8) is 0 Å². The quantitative estimate of drug-likeness (QED) is 0.588. The molecule has 0 heterocycles. The maximum Gasteiger partial charge on any atom is -0.0357 e. The van der Waals surface area contributed by atoms with Crippen molar-refractivity contribution in [3.05, 3.63) is 0 Å². The maximum atomic E-state index is 2.50. The van der Waals surface area contributed by atoms with Gasteiger partial charge in [0.1, 0.15) is 0 Å². The molecule has 0 radical (unpaired) electrons. The third-order valence-electron chi connectivity index (χ3n) is 5.12. The van der Waals surface area contributed by atoms with Crippen molar-refractivity contribution >= 4 is 0 Å². The summed E-state index contributed by atoms with van der Waals surface area (Å²) in [7, 11) is 0. The highest BCUT2D eigenvalue weighted by Gasteiger charge is 2.34. The van der Waals surface area contributed by atoms with Crippen molar-refractivity contribution < 1.29 is 0 Å². The second-order valence-electron chi connectivity index (χ2n) is 6.84. The van der Waals surface area contributed by atoms with Crippen LogP contribution in [0, 0.1) is 35.5 Å². The lowest BCUT2D eigenvalue weighted by Crippen LogP contribution is -2.20. The average molecular weight is 224 g/mol. The zero-order valence-electron chi connectivity index (χ0n) is 12.3. The summed E-state index contributed by atoms with van der Waals surface area (Å²) in [4.78, 5) is 0. The van der Waals surface area contributed by atoms with Gasteiger partial charge in [-0.25, -0.2) is 0 Å². The predicted octanol–water partition coefficient (Wildman–Crippen LogP) is 5.38. The van der Waals surface area contributed by atoms with Crippen LogP contribution >= 0.6 is 0 Å². The Kier molecular flexibility index (Phi) is 5.34. The second kappa shape index (κ2) is 6.07. The fraction of sp³-hybridized carbons (Fsp3) is 1.00. The van der Waals surface area contributed by atoms with Gasteiger partial charge in [-0.1, -0.05) is 48.0 Å². The van der Waals surface area contributed by atoms with Gasteiger partial charge in [-0.05, 0) is 54.8 Å². The third-order valence-corrected chi connectivity index (χ3v) is 5.12. The van der Waals surface area contributed by atoms with Crippen LogP contribution in [0.25, 0.3) is 0 Å². The molecular weight excluding hydrogens is 192 g/mol. The molecule has 1 fully saturated rings. The molecule has 0 aromatic heterocycles. The van der Waals surface area contributed by atoms with E-state index in [2.05, 4.69) is 41.5 Å². The number of rotatable bonds is 5. The fourth-order valence-corrected chi connectivity index (χ4v) is 3.64. The summed E-state index contributed by atoms with van der Waals surface area (Å²) in [6, 6.07) is 0. The number of hydrogen-bond acceptors (Lipinski definition) is 0. The van der Waals surface area contributed by atoms with Gasteiger partial charge in [-0.15, -0.1) is 0 Å². The molecule has 1 aliphatic rings. The maximum absolute atomic E-state index is 2.50. The van der Waals surface area contributed by atoms with Gasteiger partial charge in [0.2, 0.25) is 0 Å². The molecule has 1 aliphatic carbocycles. The van der Waals surface area contributed by atoms with E-state index in [0.717, 1.165) is 35.5 Å². The average Bonchev–Trinajstić information content (AvgIpc) is 2.59. The van der Waals surface area contributed by atoms with Crippen molar-refractivity contribution in [1.82, 2.24) is 0 Å².